The van der Waals surface area contributed by atoms with Crippen LogP contribution in [0.25, 0.3) is 0 Å². The number of sulfone groups is 1. The van der Waals surface area contributed by atoms with E-state index in [0.717, 1.165) is 0 Å². The maximum atomic E-state index is 12.6. The Labute approximate surface area is 163 Å². The van der Waals surface area contributed by atoms with Gasteiger partial charge in [-0.15, -0.1) is 17.9 Å². The number of hydrogen-bond donors (Lipinski definition) is 1. The van der Waals surface area contributed by atoms with Gasteiger partial charge < -0.3 is 15.0 Å². The minimum atomic E-state index is -3.11. The molecule has 1 amide bonds. The lowest BCUT2D eigenvalue weighted by atomic mass is 10.1. The molecule has 1 aromatic rings. The Bertz CT molecular complexity index is 788. The summed E-state index contributed by atoms with van der Waals surface area (Å²) < 4.78 is 28.6. The molecule has 0 spiro atoms. The van der Waals surface area contributed by atoms with Gasteiger partial charge in [0.1, 0.15) is 0 Å². The summed E-state index contributed by atoms with van der Waals surface area (Å²) in [5, 5.41) is 5.08. The van der Waals surface area contributed by atoms with Gasteiger partial charge in [-0.2, -0.15) is 0 Å². The van der Waals surface area contributed by atoms with E-state index in [1.54, 1.807) is 11.5 Å². The molecule has 0 bridgehead atoms. The largest absolute Gasteiger partial charge is 0.451 e. The molecule has 150 valence electrons. The number of aromatic nitrogens is 1. The summed E-state index contributed by atoms with van der Waals surface area (Å²) >= 11 is 1.25. The van der Waals surface area contributed by atoms with E-state index in [0.29, 0.717) is 24.6 Å². The number of hydrogen-bond acceptors (Lipinski definition) is 8. The van der Waals surface area contributed by atoms with Crippen molar-refractivity contribution in [3.63, 3.8) is 0 Å². The number of rotatable bonds is 9. The summed E-state index contributed by atoms with van der Waals surface area (Å²) in [4.78, 5) is 30.3. The average Bonchev–Trinajstić information content (AvgIpc) is 3.21. The van der Waals surface area contributed by atoms with Crippen molar-refractivity contribution in [1.82, 2.24) is 9.88 Å². The van der Waals surface area contributed by atoms with Crippen LogP contribution in [0.5, 0.6) is 0 Å². The highest BCUT2D eigenvalue weighted by atomic mass is 32.2. The summed E-state index contributed by atoms with van der Waals surface area (Å²) in [6, 6.07) is -0.363. The first-order valence-electron chi connectivity index (χ1n) is 8.69. The molecule has 0 radical (unpaired) electrons. The lowest BCUT2D eigenvalue weighted by Crippen LogP contribution is -2.45. The molecule has 1 fully saturated rings. The Morgan fingerprint density at radius 1 is 1.52 bits per heavy atom. The van der Waals surface area contributed by atoms with Crippen molar-refractivity contribution >= 4 is 38.2 Å². The first kappa shape index (κ1) is 21.4. The van der Waals surface area contributed by atoms with Crippen molar-refractivity contribution in [2.24, 2.45) is 5.92 Å². The Morgan fingerprint density at radius 3 is 2.85 bits per heavy atom. The van der Waals surface area contributed by atoms with Crippen molar-refractivity contribution in [1.29, 1.82) is 0 Å². The number of anilines is 1. The van der Waals surface area contributed by atoms with Gasteiger partial charge in [-0.25, -0.2) is 18.2 Å². The molecule has 0 aliphatic carbocycles. The number of esters is 1. The van der Waals surface area contributed by atoms with Gasteiger partial charge in [-0.1, -0.05) is 19.9 Å². The molecule has 0 unspecified atom stereocenters. The molecular weight excluding hydrogens is 390 g/mol. The highest BCUT2D eigenvalue weighted by Gasteiger charge is 2.35. The third kappa shape index (κ3) is 6.31. The van der Waals surface area contributed by atoms with Crippen LogP contribution in [-0.2, 0) is 19.4 Å². The first-order chi connectivity index (χ1) is 12.7. The van der Waals surface area contributed by atoms with Crippen LogP contribution < -0.4 is 5.32 Å². The SMILES string of the molecule is C=CCNc1nc(C(=O)OCC(=O)N(CC(C)C)[C@@H]2CCS(=O)(=O)C2)cs1. The van der Waals surface area contributed by atoms with Crippen molar-refractivity contribution < 1.29 is 22.7 Å². The molecule has 8 nitrogen and oxygen atoms in total. The molecule has 1 atom stereocenters. The third-order valence-corrected chi connectivity index (χ3v) is 6.52. The van der Waals surface area contributed by atoms with E-state index in [1.165, 1.54) is 16.2 Å². The molecule has 10 heteroatoms. The minimum absolute atomic E-state index is 0.0379. The van der Waals surface area contributed by atoms with Crippen LogP contribution in [0.1, 0.15) is 30.8 Å². The van der Waals surface area contributed by atoms with Crippen molar-refractivity contribution in [3.8, 4) is 0 Å². The fourth-order valence-corrected chi connectivity index (χ4v) is 5.18. The first-order valence-corrected chi connectivity index (χ1v) is 11.4. The number of ether oxygens (including phenoxy) is 1. The van der Waals surface area contributed by atoms with Crippen LogP contribution in [-0.4, -0.2) is 67.4 Å². The fraction of sp³-hybridized carbons (Fsp3) is 0.588. The molecule has 27 heavy (non-hydrogen) atoms. The number of carbonyl (C=O) groups is 2. The second kappa shape index (κ2) is 9.32. The van der Waals surface area contributed by atoms with E-state index in [1.807, 2.05) is 13.8 Å². The highest BCUT2D eigenvalue weighted by molar-refractivity contribution is 7.91. The summed E-state index contributed by atoms with van der Waals surface area (Å²) in [6.45, 7) is 7.99. The molecule has 0 saturated carbocycles. The second-order valence-electron chi connectivity index (χ2n) is 6.78. The topological polar surface area (TPSA) is 106 Å². The van der Waals surface area contributed by atoms with E-state index in [9.17, 15) is 18.0 Å². The summed E-state index contributed by atoms with van der Waals surface area (Å²) in [6.07, 6.45) is 2.09. The second-order valence-corrected chi connectivity index (χ2v) is 9.87. The highest BCUT2D eigenvalue weighted by Crippen LogP contribution is 2.20. The third-order valence-electron chi connectivity index (χ3n) is 3.97. The van der Waals surface area contributed by atoms with Gasteiger partial charge in [0.05, 0.1) is 11.5 Å². The molecule has 1 N–H and O–H groups in total. The van der Waals surface area contributed by atoms with Crippen LogP contribution in [0.4, 0.5) is 5.13 Å². The molecule has 1 aromatic heterocycles. The van der Waals surface area contributed by atoms with Crippen molar-refractivity contribution in [2.45, 2.75) is 26.3 Å². The van der Waals surface area contributed by atoms with Gasteiger partial charge in [0, 0.05) is 24.5 Å². The minimum Gasteiger partial charge on any atom is -0.451 e. The van der Waals surface area contributed by atoms with Gasteiger partial charge in [0.25, 0.3) is 5.91 Å². The van der Waals surface area contributed by atoms with E-state index in [2.05, 4.69) is 16.9 Å². The molecule has 1 aliphatic heterocycles. The Balaban J connectivity index is 1.95. The predicted molar refractivity (Wildman–Crippen MR) is 105 cm³/mol. The average molecular weight is 416 g/mol. The number of nitrogens with zero attached hydrogens (tertiary/aromatic N) is 2. The maximum absolute atomic E-state index is 12.6. The van der Waals surface area contributed by atoms with E-state index in [-0.39, 0.29) is 35.1 Å². The fourth-order valence-electron chi connectivity index (χ4n) is 2.76. The van der Waals surface area contributed by atoms with E-state index >= 15 is 0 Å². The molecular formula is C17H25N3O5S2. The number of thiazole rings is 1. The Morgan fingerprint density at radius 2 is 2.26 bits per heavy atom. The molecule has 2 heterocycles. The zero-order valence-corrected chi connectivity index (χ0v) is 17.1. The van der Waals surface area contributed by atoms with Crippen LogP contribution >= 0.6 is 11.3 Å². The lowest BCUT2D eigenvalue weighted by Gasteiger charge is -2.29. The Kier molecular flexibility index (Phi) is 7.37. The van der Waals surface area contributed by atoms with Gasteiger partial charge in [-0.05, 0) is 12.3 Å². The number of amides is 1. The molecule has 0 aromatic carbocycles. The van der Waals surface area contributed by atoms with Gasteiger partial charge in [0.2, 0.25) is 0 Å². The van der Waals surface area contributed by atoms with E-state index in [4.69, 9.17) is 4.74 Å². The van der Waals surface area contributed by atoms with Crippen molar-refractivity contribution in [2.75, 3.05) is 36.5 Å². The number of nitrogens with one attached hydrogen (secondary N) is 1. The number of carbonyl (C=O) groups excluding carboxylic acids is 2. The van der Waals surface area contributed by atoms with E-state index < -0.39 is 22.4 Å². The van der Waals surface area contributed by atoms with Crippen LogP contribution in [0.2, 0.25) is 0 Å². The smallest absolute Gasteiger partial charge is 0.358 e. The molecule has 2 rings (SSSR count). The summed E-state index contributed by atoms with van der Waals surface area (Å²) in [5.41, 5.74) is 0.123. The van der Waals surface area contributed by atoms with Crippen LogP contribution in [0.15, 0.2) is 18.0 Å². The van der Waals surface area contributed by atoms with Gasteiger partial charge in [-0.3, -0.25) is 4.79 Å². The Hall–Kier alpha value is -1.94. The lowest BCUT2D eigenvalue weighted by molar-refractivity contribution is -0.137. The summed E-state index contributed by atoms with van der Waals surface area (Å²) in [7, 11) is -3.11. The zero-order chi connectivity index (χ0) is 20.0. The molecule has 1 aliphatic rings. The maximum Gasteiger partial charge on any atom is 0.358 e. The monoisotopic (exact) mass is 415 g/mol. The van der Waals surface area contributed by atoms with Crippen LogP contribution in [0.3, 0.4) is 0 Å². The normalized spacial score (nSPS) is 18.3. The predicted octanol–water partition coefficient (Wildman–Crippen LogP) is 1.57. The molecule has 1 saturated heterocycles. The van der Waals surface area contributed by atoms with Gasteiger partial charge in [0.15, 0.2) is 27.3 Å². The van der Waals surface area contributed by atoms with Crippen molar-refractivity contribution in [3.05, 3.63) is 23.7 Å². The standard InChI is InChI=1S/C17H25N3O5S2/c1-4-6-18-17-19-14(10-26-17)16(22)25-9-15(21)20(8-12(2)3)13-5-7-27(23,24)11-13/h4,10,12-13H,1,5-9,11H2,2-3H3,(H,18,19)/t13-/m1/s1. The summed E-state index contributed by atoms with van der Waals surface area (Å²) in [5.74, 6) is -0.859. The van der Waals surface area contributed by atoms with Crippen LogP contribution in [0, 0.1) is 5.92 Å². The quantitative estimate of drug-likeness (QED) is 0.482. The van der Waals surface area contributed by atoms with Gasteiger partial charge >= 0.3 is 5.97 Å². The zero-order valence-electron chi connectivity index (χ0n) is 15.5.